The Hall–Kier alpha value is -4.07. The summed E-state index contributed by atoms with van der Waals surface area (Å²) in [6.45, 7) is 1.69. The van der Waals surface area contributed by atoms with Gasteiger partial charge in [0.05, 0.1) is 25.8 Å². The van der Waals surface area contributed by atoms with Gasteiger partial charge in [-0.15, -0.1) is 0 Å². The molecule has 0 spiro atoms. The van der Waals surface area contributed by atoms with Gasteiger partial charge in [0.15, 0.2) is 5.82 Å². The largest absolute Gasteiger partial charge is 0.507 e. The molecule has 2 aromatic carbocycles. The van der Waals surface area contributed by atoms with Crippen molar-refractivity contribution < 1.29 is 28.7 Å². The second-order valence-corrected chi connectivity index (χ2v) is 6.97. The molecule has 0 radical (unpaired) electrons. The molecule has 1 N–H and O–H groups in total. The number of amides is 1. The lowest BCUT2D eigenvalue weighted by Gasteiger charge is -2.23. The average molecular weight is 420 g/mol. The highest BCUT2D eigenvalue weighted by Gasteiger charge is 2.48. The van der Waals surface area contributed by atoms with Gasteiger partial charge in [-0.05, 0) is 36.8 Å². The van der Waals surface area contributed by atoms with Gasteiger partial charge >= 0.3 is 5.91 Å². The van der Waals surface area contributed by atoms with Crippen molar-refractivity contribution in [3.05, 3.63) is 77.1 Å². The van der Waals surface area contributed by atoms with E-state index in [2.05, 4.69) is 5.16 Å². The fourth-order valence-corrected chi connectivity index (χ4v) is 3.56. The fraction of sp³-hybridized carbons (Fsp3) is 0.174. The van der Waals surface area contributed by atoms with Gasteiger partial charge in [0.1, 0.15) is 23.0 Å². The number of benzene rings is 2. The van der Waals surface area contributed by atoms with Crippen LogP contribution in [0.2, 0.25) is 0 Å². The molecule has 1 aromatic heterocycles. The first-order valence-corrected chi connectivity index (χ1v) is 9.47. The Morgan fingerprint density at radius 3 is 2.35 bits per heavy atom. The number of anilines is 1. The van der Waals surface area contributed by atoms with Crippen LogP contribution in [0.1, 0.15) is 22.9 Å². The molecule has 158 valence electrons. The lowest BCUT2D eigenvalue weighted by molar-refractivity contribution is -0.132. The van der Waals surface area contributed by atoms with Crippen LogP contribution in [-0.2, 0) is 9.59 Å². The molecule has 1 fully saturated rings. The van der Waals surface area contributed by atoms with Gasteiger partial charge in [0, 0.05) is 11.6 Å². The van der Waals surface area contributed by atoms with E-state index in [4.69, 9.17) is 14.0 Å². The lowest BCUT2D eigenvalue weighted by Crippen LogP contribution is -2.29. The number of hydrogen-bond acceptors (Lipinski definition) is 7. The summed E-state index contributed by atoms with van der Waals surface area (Å²) in [5, 5.41) is 15.0. The van der Waals surface area contributed by atoms with Crippen molar-refractivity contribution in [2.24, 2.45) is 0 Å². The number of aryl methyl sites for hydroxylation is 1. The molecule has 4 rings (SSSR count). The normalized spacial score (nSPS) is 17.8. The van der Waals surface area contributed by atoms with E-state index >= 15 is 0 Å². The number of ether oxygens (including phenoxy) is 2. The molecule has 0 saturated carbocycles. The summed E-state index contributed by atoms with van der Waals surface area (Å²) >= 11 is 0. The van der Waals surface area contributed by atoms with E-state index in [0.717, 1.165) is 0 Å². The fourth-order valence-electron chi connectivity index (χ4n) is 3.56. The average Bonchev–Trinajstić information content (AvgIpc) is 3.34. The highest BCUT2D eigenvalue weighted by Crippen LogP contribution is 2.42. The third-order valence-electron chi connectivity index (χ3n) is 5.08. The summed E-state index contributed by atoms with van der Waals surface area (Å²) < 4.78 is 15.5. The van der Waals surface area contributed by atoms with E-state index in [1.807, 2.05) is 0 Å². The summed E-state index contributed by atoms with van der Waals surface area (Å²) in [6.07, 6.45) is 0. The topological polar surface area (TPSA) is 102 Å². The van der Waals surface area contributed by atoms with Gasteiger partial charge in [0.2, 0.25) is 0 Å². The number of rotatable bonds is 5. The monoisotopic (exact) mass is 420 g/mol. The number of hydrogen-bond donors (Lipinski definition) is 1. The van der Waals surface area contributed by atoms with E-state index < -0.39 is 17.7 Å². The van der Waals surface area contributed by atoms with E-state index in [1.165, 1.54) is 12.0 Å². The van der Waals surface area contributed by atoms with Crippen LogP contribution < -0.4 is 14.4 Å². The van der Waals surface area contributed by atoms with Crippen molar-refractivity contribution in [1.82, 2.24) is 5.16 Å². The highest BCUT2D eigenvalue weighted by atomic mass is 16.5. The highest BCUT2D eigenvalue weighted by molar-refractivity contribution is 6.51. The van der Waals surface area contributed by atoms with E-state index in [1.54, 1.807) is 68.6 Å². The first-order chi connectivity index (χ1) is 14.9. The molecule has 0 bridgehead atoms. The van der Waals surface area contributed by atoms with Gasteiger partial charge in [-0.25, -0.2) is 0 Å². The maximum absolute atomic E-state index is 13.0. The molecule has 3 aromatic rings. The Bertz CT molecular complexity index is 1180. The van der Waals surface area contributed by atoms with Gasteiger partial charge < -0.3 is 19.1 Å². The van der Waals surface area contributed by atoms with Crippen LogP contribution in [0.4, 0.5) is 5.82 Å². The van der Waals surface area contributed by atoms with E-state index in [9.17, 15) is 14.7 Å². The summed E-state index contributed by atoms with van der Waals surface area (Å²) in [4.78, 5) is 27.3. The Kier molecular flexibility index (Phi) is 5.21. The van der Waals surface area contributed by atoms with E-state index in [-0.39, 0.29) is 17.2 Å². The van der Waals surface area contributed by atoms with Gasteiger partial charge in [-0.3, -0.25) is 14.5 Å². The van der Waals surface area contributed by atoms with Crippen molar-refractivity contribution in [3.63, 3.8) is 0 Å². The maximum Gasteiger partial charge on any atom is 0.301 e. The Balaban J connectivity index is 1.92. The number of aromatic nitrogens is 1. The smallest absolute Gasteiger partial charge is 0.301 e. The van der Waals surface area contributed by atoms with Crippen LogP contribution in [0.25, 0.3) is 5.76 Å². The number of nitrogens with zero attached hydrogens (tertiary/aromatic N) is 2. The molecule has 1 saturated heterocycles. The molecule has 0 aliphatic carbocycles. The molecule has 31 heavy (non-hydrogen) atoms. The zero-order valence-electron chi connectivity index (χ0n) is 17.2. The standard InChI is InChI=1S/C23H20N2O6/c1-13-11-18(24-31-13)25-20(14-7-9-16(29-2)10-8-14)19(22(27)23(25)28)21(26)15-5-4-6-17(12-15)30-3/h4-12,20,26H,1-3H3/t20-/m1/s1. The minimum atomic E-state index is -0.901. The number of aliphatic hydroxyl groups is 1. The molecule has 8 heteroatoms. The molecular formula is C23H20N2O6. The van der Waals surface area contributed by atoms with Crippen LogP contribution >= 0.6 is 0 Å². The number of ketones is 1. The Morgan fingerprint density at radius 2 is 1.74 bits per heavy atom. The molecule has 1 amide bonds. The van der Waals surface area contributed by atoms with E-state index in [0.29, 0.717) is 28.4 Å². The van der Waals surface area contributed by atoms with Gasteiger partial charge in [0.25, 0.3) is 5.78 Å². The van der Waals surface area contributed by atoms with Gasteiger partial charge in [-0.2, -0.15) is 0 Å². The number of aliphatic hydroxyl groups excluding tert-OH is 1. The van der Waals surface area contributed by atoms with Crippen molar-refractivity contribution in [2.45, 2.75) is 13.0 Å². The lowest BCUT2D eigenvalue weighted by atomic mass is 9.95. The third-order valence-corrected chi connectivity index (χ3v) is 5.08. The Morgan fingerprint density at radius 1 is 1.03 bits per heavy atom. The quantitative estimate of drug-likeness (QED) is 0.382. The van der Waals surface area contributed by atoms with Crippen molar-refractivity contribution in [1.29, 1.82) is 0 Å². The molecule has 1 aliphatic rings. The molecule has 8 nitrogen and oxygen atoms in total. The van der Waals surface area contributed by atoms with Crippen molar-refractivity contribution in [3.8, 4) is 11.5 Å². The van der Waals surface area contributed by atoms with Crippen LogP contribution in [0, 0.1) is 6.92 Å². The second-order valence-electron chi connectivity index (χ2n) is 6.97. The molecule has 1 atom stereocenters. The molecule has 1 aliphatic heterocycles. The predicted molar refractivity (Wildman–Crippen MR) is 112 cm³/mol. The summed E-state index contributed by atoms with van der Waals surface area (Å²) in [7, 11) is 3.05. The maximum atomic E-state index is 13.0. The minimum Gasteiger partial charge on any atom is -0.507 e. The van der Waals surface area contributed by atoms with Gasteiger partial charge in [-0.1, -0.05) is 29.4 Å². The van der Waals surface area contributed by atoms with Crippen LogP contribution in [0.15, 0.2) is 64.7 Å². The summed E-state index contributed by atoms with van der Waals surface area (Å²) in [5.74, 6) is -0.137. The number of Topliss-reactive ketones (excluding diaryl/α,β-unsaturated/α-hetero) is 1. The summed E-state index contributed by atoms with van der Waals surface area (Å²) in [6, 6.07) is 14.2. The van der Waals surface area contributed by atoms with Crippen molar-refractivity contribution >= 4 is 23.3 Å². The minimum absolute atomic E-state index is 0.0518. The SMILES string of the molecule is COc1ccc([C@@H]2C(=C(O)c3cccc(OC)c3)C(=O)C(=O)N2c2cc(C)on2)cc1. The zero-order chi connectivity index (χ0) is 22.1. The molecule has 0 unspecified atom stereocenters. The first-order valence-electron chi connectivity index (χ1n) is 9.47. The molecule has 2 heterocycles. The second kappa shape index (κ2) is 7.98. The molecular weight excluding hydrogens is 400 g/mol. The zero-order valence-corrected chi connectivity index (χ0v) is 17.2. The first kappa shape index (κ1) is 20.2. The van der Waals surface area contributed by atoms with Crippen LogP contribution in [0.5, 0.6) is 11.5 Å². The summed E-state index contributed by atoms with van der Waals surface area (Å²) in [5.41, 5.74) is 0.904. The van der Waals surface area contributed by atoms with Crippen LogP contribution in [0.3, 0.4) is 0 Å². The third kappa shape index (κ3) is 3.52. The number of carbonyl (C=O) groups is 2. The predicted octanol–water partition coefficient (Wildman–Crippen LogP) is 3.63. The van der Waals surface area contributed by atoms with Crippen molar-refractivity contribution in [2.75, 3.05) is 19.1 Å². The van der Waals surface area contributed by atoms with Crippen LogP contribution in [-0.4, -0.2) is 36.2 Å². The Labute approximate surface area is 178 Å². The number of methoxy groups -OCH3 is 2. The number of carbonyl (C=O) groups excluding carboxylic acids is 2.